The Bertz CT molecular complexity index is 497. The molecule has 5 heteroatoms. The monoisotopic (exact) mass is 279 g/mol. The predicted octanol–water partition coefficient (Wildman–Crippen LogP) is 2.23. The minimum Gasteiger partial charge on any atom is -0.496 e. The summed E-state index contributed by atoms with van der Waals surface area (Å²) in [5.74, 6) is -0.639. The number of carboxylic acid groups (broad SMARTS) is 1. The molecule has 1 aromatic rings. The van der Waals surface area contributed by atoms with E-state index in [4.69, 9.17) is 9.84 Å². The molecule has 1 rings (SSSR count). The number of ether oxygens (including phenoxy) is 1. The molecule has 0 aromatic heterocycles. The molecule has 0 aliphatic carbocycles. The van der Waals surface area contributed by atoms with Crippen LogP contribution in [-0.2, 0) is 4.79 Å². The lowest BCUT2D eigenvalue weighted by molar-refractivity contribution is -0.139. The molecule has 2 N–H and O–H groups in total. The molecule has 0 radical (unpaired) electrons. The third-order valence-corrected chi connectivity index (χ3v) is 2.98. The van der Waals surface area contributed by atoms with Crippen molar-refractivity contribution in [3.05, 3.63) is 29.3 Å². The molecule has 110 valence electrons. The number of hydrogen-bond donors (Lipinski definition) is 2. The summed E-state index contributed by atoms with van der Waals surface area (Å²) in [4.78, 5) is 23.2. The molecule has 1 aromatic carbocycles. The normalized spacial score (nSPS) is 12.1. The van der Waals surface area contributed by atoms with Crippen LogP contribution in [0.5, 0.6) is 5.75 Å². The van der Waals surface area contributed by atoms with Crippen molar-refractivity contribution >= 4 is 11.9 Å². The lowest BCUT2D eigenvalue weighted by atomic mass is 10.0. The van der Waals surface area contributed by atoms with E-state index in [-0.39, 0.29) is 5.92 Å². The van der Waals surface area contributed by atoms with E-state index in [0.717, 1.165) is 5.56 Å². The molecular weight excluding hydrogens is 258 g/mol. The van der Waals surface area contributed by atoms with Crippen molar-refractivity contribution in [1.29, 1.82) is 0 Å². The standard InChI is InChI=1S/C15H21NO4/c1-9(2)7-12(15(18)19)16-14(17)11-6-5-10(3)13(8-11)20-4/h5-6,8-9,12H,7H2,1-4H3,(H,16,17)(H,18,19)/t12-/m0/s1. The van der Waals surface area contributed by atoms with Gasteiger partial charge in [0.15, 0.2) is 0 Å². The summed E-state index contributed by atoms with van der Waals surface area (Å²) >= 11 is 0. The van der Waals surface area contributed by atoms with E-state index in [0.29, 0.717) is 17.7 Å². The predicted molar refractivity (Wildman–Crippen MR) is 76.1 cm³/mol. The van der Waals surface area contributed by atoms with Gasteiger partial charge in [0, 0.05) is 5.56 Å². The largest absolute Gasteiger partial charge is 0.496 e. The van der Waals surface area contributed by atoms with Crippen molar-refractivity contribution in [2.45, 2.75) is 33.2 Å². The lowest BCUT2D eigenvalue weighted by Crippen LogP contribution is -2.41. The van der Waals surface area contributed by atoms with Crippen molar-refractivity contribution in [2.75, 3.05) is 7.11 Å². The summed E-state index contributed by atoms with van der Waals surface area (Å²) in [7, 11) is 1.53. The summed E-state index contributed by atoms with van der Waals surface area (Å²) in [6, 6.07) is 4.15. The van der Waals surface area contributed by atoms with Crippen LogP contribution >= 0.6 is 0 Å². The van der Waals surface area contributed by atoms with Crippen LogP contribution in [-0.4, -0.2) is 30.1 Å². The van der Waals surface area contributed by atoms with Gasteiger partial charge in [0.2, 0.25) is 0 Å². The SMILES string of the molecule is COc1cc(C(=O)N[C@@H](CC(C)C)C(=O)O)ccc1C. The maximum absolute atomic E-state index is 12.1. The Morgan fingerprint density at radius 3 is 2.50 bits per heavy atom. The van der Waals surface area contributed by atoms with Gasteiger partial charge in [0.1, 0.15) is 11.8 Å². The quantitative estimate of drug-likeness (QED) is 0.837. The zero-order valence-corrected chi connectivity index (χ0v) is 12.3. The second-order valence-electron chi connectivity index (χ2n) is 5.18. The van der Waals surface area contributed by atoms with E-state index in [1.165, 1.54) is 7.11 Å². The lowest BCUT2D eigenvalue weighted by Gasteiger charge is -2.17. The van der Waals surface area contributed by atoms with Gasteiger partial charge >= 0.3 is 5.97 Å². The number of benzene rings is 1. The smallest absolute Gasteiger partial charge is 0.326 e. The van der Waals surface area contributed by atoms with Crippen LogP contribution in [0.4, 0.5) is 0 Å². The van der Waals surface area contributed by atoms with E-state index in [1.807, 2.05) is 20.8 Å². The maximum atomic E-state index is 12.1. The minimum absolute atomic E-state index is 0.184. The van der Waals surface area contributed by atoms with E-state index in [1.54, 1.807) is 18.2 Å². The Morgan fingerprint density at radius 2 is 2.00 bits per heavy atom. The molecule has 0 aliphatic heterocycles. The summed E-state index contributed by atoms with van der Waals surface area (Å²) in [6.45, 7) is 5.70. The highest BCUT2D eigenvalue weighted by molar-refractivity contribution is 5.97. The van der Waals surface area contributed by atoms with Crippen molar-refractivity contribution in [2.24, 2.45) is 5.92 Å². The highest BCUT2D eigenvalue weighted by Crippen LogP contribution is 2.19. The number of carbonyl (C=O) groups is 2. The van der Waals surface area contributed by atoms with Gasteiger partial charge in [-0.1, -0.05) is 19.9 Å². The first-order valence-electron chi connectivity index (χ1n) is 6.53. The van der Waals surface area contributed by atoms with Gasteiger partial charge < -0.3 is 15.2 Å². The molecule has 0 aliphatic rings. The van der Waals surface area contributed by atoms with E-state index in [2.05, 4.69) is 5.32 Å². The Labute approximate surface area is 118 Å². The second kappa shape index (κ2) is 6.93. The molecule has 0 fully saturated rings. The van der Waals surface area contributed by atoms with Gasteiger partial charge in [0.05, 0.1) is 7.11 Å². The number of hydrogen-bond acceptors (Lipinski definition) is 3. The number of aryl methyl sites for hydroxylation is 1. The number of rotatable bonds is 6. The zero-order valence-electron chi connectivity index (χ0n) is 12.3. The molecule has 0 spiro atoms. The van der Waals surface area contributed by atoms with Gasteiger partial charge in [-0.2, -0.15) is 0 Å². The first-order chi connectivity index (χ1) is 9.35. The fraction of sp³-hybridized carbons (Fsp3) is 0.467. The number of carbonyl (C=O) groups excluding carboxylic acids is 1. The van der Waals surface area contributed by atoms with Crippen LogP contribution in [0, 0.1) is 12.8 Å². The van der Waals surface area contributed by atoms with E-state index in [9.17, 15) is 9.59 Å². The number of nitrogens with one attached hydrogen (secondary N) is 1. The van der Waals surface area contributed by atoms with Crippen LogP contribution < -0.4 is 10.1 Å². The molecule has 0 heterocycles. The number of aliphatic carboxylic acids is 1. The molecule has 0 saturated carbocycles. The van der Waals surface area contributed by atoms with Gasteiger partial charge in [-0.15, -0.1) is 0 Å². The molecule has 5 nitrogen and oxygen atoms in total. The maximum Gasteiger partial charge on any atom is 0.326 e. The fourth-order valence-corrected chi connectivity index (χ4v) is 1.90. The molecule has 0 saturated heterocycles. The van der Waals surface area contributed by atoms with E-state index >= 15 is 0 Å². The van der Waals surface area contributed by atoms with Gasteiger partial charge in [0.25, 0.3) is 5.91 Å². The number of amides is 1. The third kappa shape index (κ3) is 4.26. The molecule has 1 amide bonds. The summed E-state index contributed by atoms with van der Waals surface area (Å²) in [5.41, 5.74) is 1.31. The molecule has 1 atom stereocenters. The van der Waals surface area contributed by atoms with Gasteiger partial charge in [-0.3, -0.25) is 4.79 Å². The second-order valence-corrected chi connectivity index (χ2v) is 5.18. The van der Waals surface area contributed by atoms with Crippen LogP contribution in [0.25, 0.3) is 0 Å². The van der Waals surface area contributed by atoms with Crippen LogP contribution in [0.15, 0.2) is 18.2 Å². The van der Waals surface area contributed by atoms with Crippen molar-refractivity contribution in [3.63, 3.8) is 0 Å². The van der Waals surface area contributed by atoms with Crippen LogP contribution in [0.2, 0.25) is 0 Å². The van der Waals surface area contributed by atoms with Crippen molar-refractivity contribution in [1.82, 2.24) is 5.32 Å². The van der Waals surface area contributed by atoms with Crippen molar-refractivity contribution < 1.29 is 19.4 Å². The highest BCUT2D eigenvalue weighted by Gasteiger charge is 2.22. The molecule has 0 bridgehead atoms. The Kier molecular flexibility index (Phi) is 5.55. The molecule has 20 heavy (non-hydrogen) atoms. The Hall–Kier alpha value is -2.04. The summed E-state index contributed by atoms with van der Waals surface area (Å²) < 4.78 is 5.16. The van der Waals surface area contributed by atoms with Gasteiger partial charge in [-0.05, 0) is 37.0 Å². The third-order valence-electron chi connectivity index (χ3n) is 2.98. The van der Waals surface area contributed by atoms with Crippen LogP contribution in [0.3, 0.4) is 0 Å². The zero-order chi connectivity index (χ0) is 15.3. The first kappa shape index (κ1) is 16.0. The van der Waals surface area contributed by atoms with Crippen LogP contribution in [0.1, 0.15) is 36.2 Å². The van der Waals surface area contributed by atoms with E-state index < -0.39 is 17.9 Å². The average Bonchev–Trinajstić information content (AvgIpc) is 2.37. The summed E-state index contributed by atoms with van der Waals surface area (Å²) in [5, 5.41) is 11.7. The number of carboxylic acids is 1. The minimum atomic E-state index is -1.02. The molecular formula is C15H21NO4. The fourth-order valence-electron chi connectivity index (χ4n) is 1.90. The van der Waals surface area contributed by atoms with Gasteiger partial charge in [-0.25, -0.2) is 4.79 Å². The number of methoxy groups -OCH3 is 1. The Morgan fingerprint density at radius 1 is 1.35 bits per heavy atom. The Balaban J connectivity index is 2.86. The average molecular weight is 279 g/mol. The summed E-state index contributed by atoms with van der Waals surface area (Å²) in [6.07, 6.45) is 0.393. The topological polar surface area (TPSA) is 75.6 Å². The highest BCUT2D eigenvalue weighted by atomic mass is 16.5. The molecule has 0 unspecified atom stereocenters. The van der Waals surface area contributed by atoms with Crippen molar-refractivity contribution in [3.8, 4) is 5.75 Å². The first-order valence-corrected chi connectivity index (χ1v) is 6.53.